The van der Waals surface area contributed by atoms with Crippen molar-refractivity contribution in [2.75, 3.05) is 19.5 Å². The van der Waals surface area contributed by atoms with Crippen LogP contribution < -0.4 is 14.8 Å². The first-order chi connectivity index (χ1) is 9.47. The number of alkyl halides is 1. The second kappa shape index (κ2) is 7.53. The molecule has 112 valence electrons. The Morgan fingerprint density at radius 1 is 1.30 bits per heavy atom. The Labute approximate surface area is 129 Å². The molecule has 0 aliphatic carbocycles. The van der Waals surface area contributed by atoms with Gasteiger partial charge in [-0.25, -0.2) is 0 Å². The molecule has 1 aromatic carbocycles. The Kier molecular flexibility index (Phi) is 6.33. The fourth-order valence-electron chi connectivity index (χ4n) is 1.77. The third-order valence-corrected chi connectivity index (χ3v) is 4.57. The summed E-state index contributed by atoms with van der Waals surface area (Å²) in [5.41, 5.74) is 0.682. The molecule has 0 saturated heterocycles. The number of nitrogens with one attached hydrogen (secondary N) is 1. The minimum atomic E-state index is -0.215. The number of hydrogen-bond acceptors (Lipinski definition) is 3. The smallest absolute Gasteiger partial charge is 0.224 e. The number of ether oxygens (including phenoxy) is 2. The molecule has 0 fully saturated rings. The van der Waals surface area contributed by atoms with E-state index in [1.807, 2.05) is 25.1 Å². The molecule has 0 bridgehead atoms. The average molecular weight is 344 g/mol. The Bertz CT molecular complexity index is 458. The van der Waals surface area contributed by atoms with Gasteiger partial charge in [0.15, 0.2) is 11.5 Å². The third kappa shape index (κ3) is 4.40. The summed E-state index contributed by atoms with van der Waals surface area (Å²) in [5.74, 6) is 1.30. The summed E-state index contributed by atoms with van der Waals surface area (Å²) < 4.78 is 10.4. The minimum absolute atomic E-state index is 0.000944. The SMILES string of the molecule is CCC(C)(CBr)NC(=O)Cc1ccc(OC)c(OC)c1. The van der Waals surface area contributed by atoms with Crippen molar-refractivity contribution in [3.05, 3.63) is 23.8 Å². The molecule has 5 heteroatoms. The van der Waals surface area contributed by atoms with Crippen molar-refractivity contribution >= 4 is 21.8 Å². The molecule has 4 nitrogen and oxygen atoms in total. The van der Waals surface area contributed by atoms with Crippen molar-refractivity contribution in [1.82, 2.24) is 5.32 Å². The van der Waals surface area contributed by atoms with Gasteiger partial charge in [0.05, 0.1) is 20.6 Å². The van der Waals surface area contributed by atoms with Gasteiger partial charge in [0.2, 0.25) is 5.91 Å². The minimum Gasteiger partial charge on any atom is -0.493 e. The van der Waals surface area contributed by atoms with E-state index in [1.54, 1.807) is 14.2 Å². The first kappa shape index (κ1) is 16.8. The molecule has 1 unspecified atom stereocenters. The Balaban J connectivity index is 2.76. The summed E-state index contributed by atoms with van der Waals surface area (Å²) in [5, 5.41) is 3.78. The molecule has 0 heterocycles. The van der Waals surface area contributed by atoms with Crippen LogP contribution in [0.5, 0.6) is 11.5 Å². The zero-order valence-corrected chi connectivity index (χ0v) is 14.0. The van der Waals surface area contributed by atoms with E-state index >= 15 is 0 Å². The molecule has 1 atom stereocenters. The van der Waals surface area contributed by atoms with Crippen LogP contribution in [0.4, 0.5) is 0 Å². The third-order valence-electron chi connectivity index (χ3n) is 3.33. The van der Waals surface area contributed by atoms with E-state index in [-0.39, 0.29) is 11.4 Å². The van der Waals surface area contributed by atoms with Gasteiger partial charge in [-0.05, 0) is 31.0 Å². The second-order valence-electron chi connectivity index (χ2n) is 4.96. The summed E-state index contributed by atoms with van der Waals surface area (Å²) in [4.78, 5) is 12.1. The van der Waals surface area contributed by atoms with Crippen molar-refractivity contribution in [2.24, 2.45) is 0 Å². The Hall–Kier alpha value is -1.23. The topological polar surface area (TPSA) is 47.6 Å². The molecule has 0 aliphatic rings. The van der Waals surface area contributed by atoms with Gasteiger partial charge in [-0.3, -0.25) is 4.79 Å². The van der Waals surface area contributed by atoms with Gasteiger partial charge in [-0.15, -0.1) is 0 Å². The zero-order chi connectivity index (χ0) is 15.2. The fraction of sp³-hybridized carbons (Fsp3) is 0.533. The summed E-state index contributed by atoms with van der Waals surface area (Å²) in [6, 6.07) is 5.51. The number of carbonyl (C=O) groups is 1. The number of halogens is 1. The number of hydrogen-bond donors (Lipinski definition) is 1. The van der Waals surface area contributed by atoms with Crippen LogP contribution in [0.2, 0.25) is 0 Å². The molecule has 0 saturated carbocycles. The van der Waals surface area contributed by atoms with Crippen molar-refractivity contribution in [3.8, 4) is 11.5 Å². The van der Waals surface area contributed by atoms with Crippen molar-refractivity contribution in [2.45, 2.75) is 32.2 Å². The molecular weight excluding hydrogens is 322 g/mol. The van der Waals surface area contributed by atoms with Crippen molar-refractivity contribution < 1.29 is 14.3 Å². The van der Waals surface area contributed by atoms with Crippen LogP contribution in [0, 0.1) is 0 Å². The van der Waals surface area contributed by atoms with Crippen molar-refractivity contribution in [1.29, 1.82) is 0 Å². The number of rotatable bonds is 7. The predicted octanol–water partition coefficient (Wildman–Crippen LogP) is 2.93. The van der Waals surface area contributed by atoms with Crippen LogP contribution in [-0.2, 0) is 11.2 Å². The zero-order valence-electron chi connectivity index (χ0n) is 12.5. The van der Waals surface area contributed by atoms with Gasteiger partial charge in [0.25, 0.3) is 0 Å². The summed E-state index contributed by atoms with van der Waals surface area (Å²) >= 11 is 3.44. The van der Waals surface area contributed by atoms with Crippen LogP contribution in [0.3, 0.4) is 0 Å². The maximum absolute atomic E-state index is 12.1. The normalized spacial score (nSPS) is 13.4. The predicted molar refractivity (Wildman–Crippen MR) is 83.9 cm³/mol. The number of methoxy groups -OCH3 is 2. The molecule has 1 amide bonds. The first-order valence-electron chi connectivity index (χ1n) is 6.56. The van der Waals surface area contributed by atoms with E-state index in [0.29, 0.717) is 17.9 Å². The number of benzene rings is 1. The molecule has 1 N–H and O–H groups in total. The largest absolute Gasteiger partial charge is 0.493 e. The van der Waals surface area contributed by atoms with Crippen molar-refractivity contribution in [3.63, 3.8) is 0 Å². The van der Waals surface area contributed by atoms with Gasteiger partial charge >= 0.3 is 0 Å². The van der Waals surface area contributed by atoms with Gasteiger partial charge in [0.1, 0.15) is 0 Å². The van der Waals surface area contributed by atoms with E-state index < -0.39 is 0 Å². The molecule has 0 spiro atoms. The lowest BCUT2D eigenvalue weighted by molar-refractivity contribution is -0.122. The molecule has 0 aromatic heterocycles. The first-order valence-corrected chi connectivity index (χ1v) is 7.68. The highest BCUT2D eigenvalue weighted by atomic mass is 79.9. The Morgan fingerprint density at radius 2 is 1.95 bits per heavy atom. The molecule has 0 radical (unpaired) electrons. The molecular formula is C15H22BrNO3. The quantitative estimate of drug-likeness (QED) is 0.774. The standard InChI is InChI=1S/C15H22BrNO3/c1-5-15(2,10-16)17-14(18)9-11-6-7-12(19-3)13(8-11)20-4/h6-8H,5,9-10H2,1-4H3,(H,17,18). The van der Waals surface area contributed by atoms with E-state index in [4.69, 9.17) is 9.47 Å². The maximum Gasteiger partial charge on any atom is 0.224 e. The number of amides is 1. The molecule has 1 aromatic rings. The number of carbonyl (C=O) groups excluding carboxylic acids is 1. The average Bonchev–Trinajstić information content (AvgIpc) is 2.46. The summed E-state index contributed by atoms with van der Waals surface area (Å²) in [6.45, 7) is 4.08. The van der Waals surface area contributed by atoms with E-state index in [2.05, 4.69) is 28.2 Å². The maximum atomic E-state index is 12.1. The highest BCUT2D eigenvalue weighted by Gasteiger charge is 2.22. The van der Waals surface area contributed by atoms with Crippen LogP contribution in [0.15, 0.2) is 18.2 Å². The second-order valence-corrected chi connectivity index (χ2v) is 5.52. The molecule has 0 aliphatic heterocycles. The Morgan fingerprint density at radius 3 is 2.45 bits per heavy atom. The van der Waals surface area contributed by atoms with Gasteiger partial charge in [-0.1, -0.05) is 28.9 Å². The monoisotopic (exact) mass is 343 g/mol. The van der Waals surface area contributed by atoms with E-state index in [1.165, 1.54) is 0 Å². The van der Waals surface area contributed by atoms with Gasteiger partial charge in [0, 0.05) is 10.9 Å². The molecule has 20 heavy (non-hydrogen) atoms. The van der Waals surface area contributed by atoms with E-state index in [0.717, 1.165) is 17.3 Å². The van der Waals surface area contributed by atoms with Crippen LogP contribution in [0.25, 0.3) is 0 Å². The van der Waals surface area contributed by atoms with Crippen LogP contribution >= 0.6 is 15.9 Å². The van der Waals surface area contributed by atoms with E-state index in [9.17, 15) is 4.79 Å². The summed E-state index contributed by atoms with van der Waals surface area (Å²) in [7, 11) is 3.17. The van der Waals surface area contributed by atoms with Crippen LogP contribution in [-0.4, -0.2) is 31.0 Å². The van der Waals surface area contributed by atoms with Crippen LogP contribution in [0.1, 0.15) is 25.8 Å². The van der Waals surface area contributed by atoms with Gasteiger partial charge in [-0.2, -0.15) is 0 Å². The lowest BCUT2D eigenvalue weighted by Gasteiger charge is -2.27. The lowest BCUT2D eigenvalue weighted by atomic mass is 10.0. The highest BCUT2D eigenvalue weighted by molar-refractivity contribution is 9.09. The fourth-order valence-corrected chi connectivity index (χ4v) is 2.31. The lowest BCUT2D eigenvalue weighted by Crippen LogP contribution is -2.47. The molecule has 1 rings (SSSR count). The summed E-state index contributed by atoms with van der Waals surface area (Å²) in [6.07, 6.45) is 1.19. The van der Waals surface area contributed by atoms with Gasteiger partial charge < -0.3 is 14.8 Å². The highest BCUT2D eigenvalue weighted by Crippen LogP contribution is 2.27.